The average Bonchev–Trinajstić information content (AvgIpc) is 3.40. The van der Waals surface area contributed by atoms with Crippen molar-refractivity contribution in [3.63, 3.8) is 0 Å². The molecule has 2 atom stereocenters. The van der Waals surface area contributed by atoms with Crippen molar-refractivity contribution in [3.8, 4) is 17.2 Å². The molecule has 0 unspecified atom stereocenters. The van der Waals surface area contributed by atoms with E-state index in [-0.39, 0.29) is 28.0 Å². The van der Waals surface area contributed by atoms with Crippen molar-refractivity contribution in [3.05, 3.63) is 40.1 Å². The Kier molecular flexibility index (Phi) is 6.58. The van der Waals surface area contributed by atoms with E-state index in [1.165, 1.54) is 26.4 Å². The van der Waals surface area contributed by atoms with Crippen molar-refractivity contribution in [2.45, 2.75) is 51.6 Å². The van der Waals surface area contributed by atoms with Crippen LogP contribution in [0.5, 0.6) is 17.2 Å². The number of hydrogen-bond acceptors (Lipinski definition) is 9. The molecule has 2 aromatic rings. The molecule has 10 heteroatoms. The van der Waals surface area contributed by atoms with Crippen LogP contribution in [-0.2, 0) is 11.2 Å². The predicted octanol–water partition coefficient (Wildman–Crippen LogP) is 3.89. The van der Waals surface area contributed by atoms with E-state index >= 15 is 0 Å². The Morgan fingerprint density at radius 3 is 2.62 bits per heavy atom. The molecule has 1 aliphatic carbocycles. The molecule has 1 aromatic heterocycles. The summed E-state index contributed by atoms with van der Waals surface area (Å²) in [4.78, 5) is 31.2. The largest absolute Gasteiger partial charge is 0.496 e. The third-order valence-electron chi connectivity index (χ3n) is 6.23. The topological polar surface area (TPSA) is 113 Å². The predicted molar refractivity (Wildman–Crippen MR) is 124 cm³/mol. The molecule has 1 N–H and O–H groups in total. The van der Waals surface area contributed by atoms with Crippen LogP contribution in [0.2, 0.25) is 5.02 Å². The lowest BCUT2D eigenvalue weighted by molar-refractivity contribution is -0.129. The van der Waals surface area contributed by atoms with Crippen molar-refractivity contribution < 1.29 is 28.3 Å². The lowest BCUT2D eigenvalue weighted by atomic mass is 9.74. The number of methoxy groups -OCH3 is 2. The van der Waals surface area contributed by atoms with Crippen LogP contribution in [0.4, 0.5) is 0 Å². The minimum absolute atomic E-state index is 0.119. The minimum atomic E-state index is -1.67. The van der Waals surface area contributed by atoms with E-state index in [4.69, 9.17) is 30.3 Å². The summed E-state index contributed by atoms with van der Waals surface area (Å²) >= 11 is 6.41. The number of nitrogens with one attached hydrogen (secondary N) is 1. The number of benzene rings is 1. The lowest BCUT2D eigenvalue weighted by Crippen LogP contribution is -2.55. The Labute approximate surface area is 202 Å². The second kappa shape index (κ2) is 9.29. The number of fused-ring (bicyclic) bond motifs is 1. The fourth-order valence-corrected chi connectivity index (χ4v) is 4.61. The minimum Gasteiger partial charge on any atom is -0.496 e. The number of Topliss-reactive ketones (excluding diaryl/α,β-unsaturated/α-hetero) is 1. The zero-order valence-electron chi connectivity index (χ0n) is 19.9. The second-order valence-corrected chi connectivity index (χ2v) is 9.21. The van der Waals surface area contributed by atoms with Gasteiger partial charge in [0.2, 0.25) is 23.1 Å². The van der Waals surface area contributed by atoms with Gasteiger partial charge >= 0.3 is 0 Å². The van der Waals surface area contributed by atoms with Gasteiger partial charge in [-0.3, -0.25) is 9.59 Å². The highest BCUT2D eigenvalue weighted by atomic mass is 35.5. The van der Waals surface area contributed by atoms with Crippen molar-refractivity contribution >= 4 is 23.2 Å². The molecule has 182 valence electrons. The molecule has 0 radical (unpaired) electrons. The summed E-state index contributed by atoms with van der Waals surface area (Å²) in [5, 5.41) is 7.39. The first kappa shape index (κ1) is 24.1. The van der Waals surface area contributed by atoms with E-state index in [2.05, 4.69) is 15.5 Å². The number of allylic oxidation sites excluding steroid dienone is 1. The molecular weight excluding hydrogens is 462 g/mol. The molecular formula is C24H28ClN3O6. The van der Waals surface area contributed by atoms with Gasteiger partial charge in [-0.25, -0.2) is 0 Å². The molecule has 9 nitrogen and oxygen atoms in total. The number of aromatic nitrogens is 2. The molecule has 0 fully saturated rings. The summed E-state index contributed by atoms with van der Waals surface area (Å²) in [7, 11) is 2.89. The number of rotatable bonds is 8. The molecule has 1 aliphatic heterocycles. The Morgan fingerprint density at radius 1 is 1.26 bits per heavy atom. The van der Waals surface area contributed by atoms with Gasteiger partial charge < -0.3 is 24.1 Å². The number of ketones is 2. The first-order valence-corrected chi connectivity index (χ1v) is 11.6. The van der Waals surface area contributed by atoms with E-state index in [1.807, 2.05) is 20.8 Å². The maximum Gasteiger partial charge on any atom is 0.236 e. The van der Waals surface area contributed by atoms with Crippen LogP contribution in [0.25, 0.3) is 0 Å². The van der Waals surface area contributed by atoms with Crippen LogP contribution in [0.1, 0.15) is 61.6 Å². The Morgan fingerprint density at radius 2 is 2.00 bits per heavy atom. The van der Waals surface area contributed by atoms with Gasteiger partial charge in [0.25, 0.3) is 0 Å². The molecule has 0 saturated heterocycles. The van der Waals surface area contributed by atoms with Gasteiger partial charge in [0.1, 0.15) is 22.1 Å². The maximum atomic E-state index is 13.5. The molecule has 1 spiro atoms. The fourth-order valence-electron chi connectivity index (χ4n) is 4.34. The van der Waals surface area contributed by atoms with E-state index in [9.17, 15) is 9.59 Å². The fraction of sp³-hybridized carbons (Fsp3) is 0.500. The number of aryl methyl sites for hydroxylation is 1. The number of halogens is 1. The maximum absolute atomic E-state index is 13.5. The van der Waals surface area contributed by atoms with Gasteiger partial charge in [-0.05, 0) is 12.8 Å². The van der Waals surface area contributed by atoms with E-state index < -0.39 is 23.1 Å². The molecule has 2 heterocycles. The smallest absolute Gasteiger partial charge is 0.236 e. The normalized spacial score (nSPS) is 21.5. The molecule has 4 rings (SSSR count). The highest BCUT2D eigenvalue weighted by Gasteiger charge is 2.60. The molecule has 34 heavy (non-hydrogen) atoms. The number of nitrogens with zero attached hydrogens (tertiary/aromatic N) is 2. The highest BCUT2D eigenvalue weighted by molar-refractivity contribution is 6.36. The van der Waals surface area contributed by atoms with Crippen molar-refractivity contribution in [2.75, 3.05) is 20.8 Å². The standard InChI is InChI=1S/C24H28ClN3O6/c1-12(2)23-27-18(34-28-23)7-6-8-26-14-9-13(3)24(17(29)10-14)22(30)19-15(31-4)11-16(32-5)20(25)21(19)33-24/h10-13,26H,6-9H2,1-5H3/t13-,24+/m1/s1. The lowest BCUT2D eigenvalue weighted by Gasteiger charge is -2.35. The van der Waals surface area contributed by atoms with E-state index in [0.717, 1.165) is 12.1 Å². The average molecular weight is 490 g/mol. The van der Waals surface area contributed by atoms with Gasteiger partial charge in [-0.2, -0.15) is 4.98 Å². The first-order valence-electron chi connectivity index (χ1n) is 11.2. The quantitative estimate of drug-likeness (QED) is 0.435. The van der Waals surface area contributed by atoms with E-state index in [0.29, 0.717) is 36.9 Å². The summed E-state index contributed by atoms with van der Waals surface area (Å²) in [6, 6.07) is 1.52. The van der Waals surface area contributed by atoms with Gasteiger partial charge in [-0.15, -0.1) is 0 Å². The zero-order valence-corrected chi connectivity index (χ0v) is 20.6. The summed E-state index contributed by atoms with van der Waals surface area (Å²) in [5.41, 5.74) is -0.758. The molecule has 0 bridgehead atoms. The van der Waals surface area contributed by atoms with Gasteiger partial charge in [0.05, 0.1) is 14.2 Å². The van der Waals surface area contributed by atoms with Crippen molar-refractivity contribution in [2.24, 2.45) is 5.92 Å². The van der Waals surface area contributed by atoms with Crippen LogP contribution < -0.4 is 19.5 Å². The second-order valence-electron chi connectivity index (χ2n) is 8.84. The van der Waals surface area contributed by atoms with Crippen LogP contribution in [0, 0.1) is 5.92 Å². The number of hydrogen-bond donors (Lipinski definition) is 1. The Balaban J connectivity index is 1.47. The van der Waals surface area contributed by atoms with Crippen LogP contribution >= 0.6 is 11.6 Å². The number of ether oxygens (including phenoxy) is 3. The summed E-state index contributed by atoms with van der Waals surface area (Å²) in [6.45, 7) is 6.45. The number of carbonyl (C=O) groups is 2. The first-order chi connectivity index (χ1) is 16.2. The zero-order chi connectivity index (χ0) is 24.6. The molecule has 0 saturated carbocycles. The van der Waals surface area contributed by atoms with Gasteiger partial charge in [0, 0.05) is 42.6 Å². The van der Waals surface area contributed by atoms with Gasteiger partial charge in [0.15, 0.2) is 11.6 Å². The third-order valence-corrected chi connectivity index (χ3v) is 6.59. The van der Waals surface area contributed by atoms with Crippen LogP contribution in [-0.4, -0.2) is 48.1 Å². The summed E-state index contributed by atoms with van der Waals surface area (Å²) in [6.07, 6.45) is 3.29. The SMILES string of the molecule is COc1cc(OC)c2c(c1Cl)O[C@@]1(C(=O)C=C(NCCCc3nc(C(C)C)no3)C[C@H]1C)C2=O. The van der Waals surface area contributed by atoms with Crippen molar-refractivity contribution in [1.82, 2.24) is 15.5 Å². The van der Waals surface area contributed by atoms with E-state index in [1.54, 1.807) is 0 Å². The van der Waals surface area contributed by atoms with Crippen LogP contribution in [0.3, 0.4) is 0 Å². The molecule has 1 aromatic carbocycles. The molecule has 0 amide bonds. The number of carbonyl (C=O) groups excluding carboxylic acids is 2. The third kappa shape index (κ3) is 3.91. The molecule has 2 aliphatic rings. The summed E-state index contributed by atoms with van der Waals surface area (Å²) < 4.78 is 22.0. The summed E-state index contributed by atoms with van der Waals surface area (Å²) in [5.74, 6) is 0.877. The van der Waals surface area contributed by atoms with Crippen LogP contribution in [0.15, 0.2) is 22.4 Å². The monoisotopic (exact) mass is 489 g/mol. The highest BCUT2D eigenvalue weighted by Crippen LogP contribution is 2.52. The van der Waals surface area contributed by atoms with Gasteiger partial charge in [-0.1, -0.05) is 37.5 Å². The van der Waals surface area contributed by atoms with Crippen molar-refractivity contribution in [1.29, 1.82) is 0 Å². The Hall–Kier alpha value is -3.07. The Bertz CT molecular complexity index is 1160.